The lowest BCUT2D eigenvalue weighted by molar-refractivity contribution is -0.123. The number of rotatable bonds is 4. The lowest BCUT2D eigenvalue weighted by Crippen LogP contribution is -2.43. The Labute approximate surface area is 137 Å². The summed E-state index contributed by atoms with van der Waals surface area (Å²) in [6, 6.07) is 14.8. The Morgan fingerprint density at radius 2 is 1.78 bits per heavy atom. The molecule has 2 N–H and O–H groups in total. The minimum atomic E-state index is -0.533. The van der Waals surface area contributed by atoms with Crippen LogP contribution in [0.3, 0.4) is 0 Å². The van der Waals surface area contributed by atoms with Crippen molar-refractivity contribution in [2.24, 2.45) is 0 Å². The zero-order valence-corrected chi connectivity index (χ0v) is 12.6. The number of carbonyl (C=O) groups excluding carboxylic acids is 2. The molecule has 0 atom stereocenters. The van der Waals surface area contributed by atoms with Gasteiger partial charge in [-0.15, -0.1) is 0 Å². The van der Waals surface area contributed by atoms with Gasteiger partial charge in [-0.05, 0) is 36.4 Å². The van der Waals surface area contributed by atoms with E-state index in [0.29, 0.717) is 11.3 Å². The predicted octanol–water partition coefficient (Wildman–Crippen LogP) is 2.05. The Hall–Kier alpha value is -3.04. The van der Waals surface area contributed by atoms with Gasteiger partial charge in [0.15, 0.2) is 6.61 Å². The first-order valence-corrected chi connectivity index (χ1v) is 6.94. The van der Waals surface area contributed by atoms with Crippen molar-refractivity contribution in [1.29, 1.82) is 5.26 Å². The second kappa shape index (κ2) is 7.82. The second-order valence-corrected chi connectivity index (χ2v) is 4.81. The lowest BCUT2D eigenvalue weighted by Gasteiger charge is -2.09. The van der Waals surface area contributed by atoms with Crippen LogP contribution in [0.1, 0.15) is 15.9 Å². The highest BCUT2D eigenvalue weighted by Gasteiger charge is 2.10. The quantitative estimate of drug-likeness (QED) is 0.840. The summed E-state index contributed by atoms with van der Waals surface area (Å²) in [4.78, 5) is 23.5. The van der Waals surface area contributed by atoms with E-state index in [4.69, 9.17) is 21.6 Å². The van der Waals surface area contributed by atoms with Crippen LogP contribution in [0.15, 0.2) is 48.5 Å². The van der Waals surface area contributed by atoms with E-state index in [1.807, 2.05) is 6.07 Å². The van der Waals surface area contributed by atoms with E-state index in [-0.39, 0.29) is 17.2 Å². The van der Waals surface area contributed by atoms with Crippen molar-refractivity contribution in [2.75, 3.05) is 6.61 Å². The Kier molecular flexibility index (Phi) is 5.56. The van der Waals surface area contributed by atoms with Crippen molar-refractivity contribution in [3.8, 4) is 11.8 Å². The number of hydrogen-bond donors (Lipinski definition) is 2. The molecule has 0 fully saturated rings. The number of benzene rings is 2. The highest BCUT2D eigenvalue weighted by atomic mass is 35.5. The number of ether oxygens (including phenoxy) is 1. The predicted molar refractivity (Wildman–Crippen MR) is 83.7 cm³/mol. The Morgan fingerprint density at radius 1 is 1.09 bits per heavy atom. The molecule has 0 bridgehead atoms. The minimum Gasteiger partial charge on any atom is -0.484 e. The third kappa shape index (κ3) is 4.73. The van der Waals surface area contributed by atoms with Crippen LogP contribution in [0.25, 0.3) is 0 Å². The molecule has 2 aromatic rings. The molecular weight excluding hydrogens is 318 g/mol. The van der Waals surface area contributed by atoms with Crippen LogP contribution in [0.4, 0.5) is 0 Å². The average molecular weight is 330 g/mol. The monoisotopic (exact) mass is 329 g/mol. The fourth-order valence-corrected chi connectivity index (χ4v) is 1.87. The van der Waals surface area contributed by atoms with Crippen molar-refractivity contribution in [3.05, 3.63) is 64.7 Å². The standard InChI is InChI=1S/C16H12ClN3O3/c17-14-4-2-1-3-13(14)16(22)20-19-15(21)10-23-12-7-5-11(9-18)6-8-12/h1-8H,10H2,(H,19,21)(H,20,22). The van der Waals surface area contributed by atoms with Gasteiger partial charge in [0.1, 0.15) is 5.75 Å². The van der Waals surface area contributed by atoms with E-state index in [0.717, 1.165) is 0 Å². The third-order valence-electron chi connectivity index (χ3n) is 2.79. The van der Waals surface area contributed by atoms with Crippen molar-refractivity contribution in [3.63, 3.8) is 0 Å². The summed E-state index contributed by atoms with van der Waals surface area (Å²) in [5.41, 5.74) is 5.22. The fourth-order valence-electron chi connectivity index (χ4n) is 1.65. The molecule has 0 aliphatic rings. The molecule has 2 aromatic carbocycles. The van der Waals surface area contributed by atoms with Crippen LogP contribution in [0, 0.1) is 11.3 Å². The van der Waals surface area contributed by atoms with Gasteiger partial charge in [-0.25, -0.2) is 0 Å². The molecular formula is C16H12ClN3O3. The van der Waals surface area contributed by atoms with Crippen LogP contribution < -0.4 is 15.6 Å². The van der Waals surface area contributed by atoms with E-state index in [1.54, 1.807) is 42.5 Å². The molecule has 23 heavy (non-hydrogen) atoms. The summed E-state index contributed by atoms with van der Waals surface area (Å²) < 4.78 is 5.23. The fraction of sp³-hybridized carbons (Fsp3) is 0.0625. The molecule has 0 saturated carbocycles. The molecule has 0 heterocycles. The molecule has 6 nitrogen and oxygen atoms in total. The van der Waals surface area contributed by atoms with Crippen molar-refractivity contribution >= 4 is 23.4 Å². The van der Waals surface area contributed by atoms with Gasteiger partial charge in [-0.3, -0.25) is 20.4 Å². The molecule has 0 radical (unpaired) electrons. The summed E-state index contributed by atoms with van der Waals surface area (Å²) in [7, 11) is 0. The average Bonchev–Trinajstić information content (AvgIpc) is 2.58. The number of nitriles is 1. The number of hydrogen-bond acceptors (Lipinski definition) is 4. The normalized spacial score (nSPS) is 9.57. The van der Waals surface area contributed by atoms with Gasteiger partial charge >= 0.3 is 0 Å². The van der Waals surface area contributed by atoms with Gasteiger partial charge in [-0.2, -0.15) is 5.26 Å². The van der Waals surface area contributed by atoms with Gasteiger partial charge in [0.2, 0.25) is 0 Å². The van der Waals surface area contributed by atoms with E-state index in [1.165, 1.54) is 6.07 Å². The maximum atomic E-state index is 11.8. The molecule has 0 spiro atoms. The highest BCUT2D eigenvalue weighted by Crippen LogP contribution is 2.14. The zero-order chi connectivity index (χ0) is 16.7. The largest absolute Gasteiger partial charge is 0.484 e. The molecule has 0 aromatic heterocycles. The number of hydrazine groups is 1. The molecule has 2 amide bonds. The number of nitrogens with one attached hydrogen (secondary N) is 2. The van der Waals surface area contributed by atoms with Gasteiger partial charge in [0.25, 0.3) is 11.8 Å². The maximum absolute atomic E-state index is 11.8. The molecule has 0 aliphatic carbocycles. The Morgan fingerprint density at radius 3 is 2.43 bits per heavy atom. The van der Waals surface area contributed by atoms with Crippen molar-refractivity contribution < 1.29 is 14.3 Å². The van der Waals surface area contributed by atoms with Crippen LogP contribution in [0.2, 0.25) is 5.02 Å². The number of nitrogens with zero attached hydrogens (tertiary/aromatic N) is 1. The number of carbonyl (C=O) groups is 2. The molecule has 0 unspecified atom stereocenters. The first-order valence-electron chi connectivity index (χ1n) is 6.57. The van der Waals surface area contributed by atoms with Crippen LogP contribution >= 0.6 is 11.6 Å². The molecule has 2 rings (SSSR count). The smallest absolute Gasteiger partial charge is 0.276 e. The van der Waals surface area contributed by atoms with Gasteiger partial charge in [0, 0.05) is 0 Å². The summed E-state index contributed by atoms with van der Waals surface area (Å²) in [5.74, 6) is -0.617. The maximum Gasteiger partial charge on any atom is 0.276 e. The summed E-state index contributed by atoms with van der Waals surface area (Å²) in [6.07, 6.45) is 0. The van der Waals surface area contributed by atoms with Crippen molar-refractivity contribution in [2.45, 2.75) is 0 Å². The van der Waals surface area contributed by atoms with Crippen LogP contribution in [0.5, 0.6) is 5.75 Å². The number of halogens is 1. The van der Waals surface area contributed by atoms with Gasteiger partial charge < -0.3 is 4.74 Å². The first kappa shape index (κ1) is 16.3. The molecule has 0 aliphatic heterocycles. The van der Waals surface area contributed by atoms with E-state index >= 15 is 0 Å². The molecule has 116 valence electrons. The first-order chi connectivity index (χ1) is 11.1. The lowest BCUT2D eigenvalue weighted by atomic mass is 10.2. The summed E-state index contributed by atoms with van der Waals surface area (Å²) >= 11 is 5.88. The Balaban J connectivity index is 1.80. The highest BCUT2D eigenvalue weighted by molar-refractivity contribution is 6.33. The topological polar surface area (TPSA) is 91.2 Å². The van der Waals surface area contributed by atoms with Crippen LogP contribution in [-0.2, 0) is 4.79 Å². The van der Waals surface area contributed by atoms with Gasteiger partial charge in [-0.1, -0.05) is 23.7 Å². The zero-order valence-electron chi connectivity index (χ0n) is 11.9. The van der Waals surface area contributed by atoms with E-state index < -0.39 is 11.8 Å². The minimum absolute atomic E-state index is 0.252. The van der Waals surface area contributed by atoms with E-state index in [2.05, 4.69) is 10.9 Å². The van der Waals surface area contributed by atoms with Gasteiger partial charge in [0.05, 0.1) is 22.2 Å². The Bertz CT molecular complexity index is 754. The third-order valence-corrected chi connectivity index (χ3v) is 3.12. The van der Waals surface area contributed by atoms with E-state index in [9.17, 15) is 9.59 Å². The SMILES string of the molecule is N#Cc1ccc(OCC(=O)NNC(=O)c2ccccc2Cl)cc1. The molecule has 7 heteroatoms. The van der Waals surface area contributed by atoms with Crippen LogP contribution in [-0.4, -0.2) is 18.4 Å². The second-order valence-electron chi connectivity index (χ2n) is 4.41. The van der Waals surface area contributed by atoms with Crippen molar-refractivity contribution in [1.82, 2.24) is 10.9 Å². The summed E-state index contributed by atoms with van der Waals surface area (Å²) in [5, 5.41) is 8.96. The molecule has 0 saturated heterocycles. The number of amides is 2. The summed E-state index contributed by atoms with van der Waals surface area (Å²) in [6.45, 7) is -0.283.